The van der Waals surface area contributed by atoms with Gasteiger partial charge in [-0.3, -0.25) is 4.79 Å². The van der Waals surface area contributed by atoms with Gasteiger partial charge in [-0.1, -0.05) is 24.7 Å². The summed E-state index contributed by atoms with van der Waals surface area (Å²) < 4.78 is 1.18. The van der Waals surface area contributed by atoms with E-state index < -0.39 is 10.9 Å². The van der Waals surface area contributed by atoms with Crippen LogP contribution in [-0.2, 0) is 11.3 Å². The number of rotatable bonds is 4. The van der Waals surface area contributed by atoms with Crippen molar-refractivity contribution in [1.29, 1.82) is 0 Å². The third-order valence-electron chi connectivity index (χ3n) is 3.45. The first-order chi connectivity index (χ1) is 9.06. The smallest absolute Gasteiger partial charge is 0.390 e. The Balaban J connectivity index is 1.87. The molecule has 1 aliphatic carbocycles. The molecule has 1 N–H and O–H groups in total. The zero-order chi connectivity index (χ0) is 13.8. The van der Waals surface area contributed by atoms with Crippen molar-refractivity contribution in [1.82, 2.24) is 20.1 Å². The molecule has 1 aromatic rings. The van der Waals surface area contributed by atoms with Crippen LogP contribution in [0.5, 0.6) is 0 Å². The third kappa shape index (κ3) is 3.49. The number of aromatic nitrogens is 3. The second-order valence-electron chi connectivity index (χ2n) is 4.94. The van der Waals surface area contributed by atoms with Crippen LogP contribution in [0.4, 0.5) is 5.95 Å². The SMILES string of the molecule is C[C@H]1CCCC[C@H]1NC(=O)Cn1cnc([N+](=O)[O-])n1. The molecule has 0 aromatic carbocycles. The monoisotopic (exact) mass is 267 g/mol. The van der Waals surface area contributed by atoms with Gasteiger partial charge in [-0.25, -0.2) is 0 Å². The number of amides is 1. The topological polar surface area (TPSA) is 103 Å². The van der Waals surface area contributed by atoms with E-state index in [0.29, 0.717) is 5.92 Å². The molecule has 8 heteroatoms. The van der Waals surface area contributed by atoms with Gasteiger partial charge in [0.05, 0.1) is 0 Å². The van der Waals surface area contributed by atoms with E-state index in [2.05, 4.69) is 22.3 Å². The third-order valence-corrected chi connectivity index (χ3v) is 3.45. The number of nitro groups is 1. The Hall–Kier alpha value is -1.99. The molecule has 19 heavy (non-hydrogen) atoms. The van der Waals surface area contributed by atoms with Crippen LogP contribution in [0, 0.1) is 16.0 Å². The fourth-order valence-electron chi connectivity index (χ4n) is 2.37. The van der Waals surface area contributed by atoms with Crippen molar-refractivity contribution in [3.05, 3.63) is 16.4 Å². The normalized spacial score (nSPS) is 23.0. The first kappa shape index (κ1) is 13.4. The molecule has 1 aromatic heterocycles. The predicted molar refractivity (Wildman–Crippen MR) is 66.2 cm³/mol. The number of carbonyl (C=O) groups excluding carboxylic acids is 1. The maximum Gasteiger partial charge on any atom is 0.490 e. The van der Waals surface area contributed by atoms with Gasteiger partial charge in [0.2, 0.25) is 12.2 Å². The Morgan fingerprint density at radius 3 is 2.95 bits per heavy atom. The summed E-state index contributed by atoms with van der Waals surface area (Å²) in [6.07, 6.45) is 5.65. The summed E-state index contributed by atoms with van der Waals surface area (Å²) in [6.45, 7) is 2.09. The van der Waals surface area contributed by atoms with Gasteiger partial charge in [0, 0.05) is 11.1 Å². The van der Waals surface area contributed by atoms with E-state index >= 15 is 0 Å². The molecule has 0 aliphatic heterocycles. The van der Waals surface area contributed by atoms with Crippen molar-refractivity contribution in [2.45, 2.75) is 45.2 Å². The molecule has 0 radical (unpaired) electrons. The Bertz CT molecular complexity index is 473. The molecule has 1 aliphatic rings. The molecule has 2 atom stereocenters. The van der Waals surface area contributed by atoms with Crippen LogP contribution in [-0.4, -0.2) is 31.6 Å². The second kappa shape index (κ2) is 5.77. The number of nitrogens with zero attached hydrogens (tertiary/aromatic N) is 4. The van der Waals surface area contributed by atoms with Crippen LogP contribution in [0.1, 0.15) is 32.6 Å². The molecule has 8 nitrogen and oxygen atoms in total. The summed E-state index contributed by atoms with van der Waals surface area (Å²) in [5.74, 6) is -0.194. The van der Waals surface area contributed by atoms with Gasteiger partial charge in [0.1, 0.15) is 6.54 Å². The Morgan fingerprint density at radius 1 is 1.58 bits per heavy atom. The van der Waals surface area contributed by atoms with Gasteiger partial charge in [0.15, 0.2) is 0 Å². The highest BCUT2D eigenvalue weighted by Gasteiger charge is 2.23. The largest absolute Gasteiger partial charge is 0.490 e. The highest BCUT2D eigenvalue weighted by Crippen LogP contribution is 2.23. The first-order valence-electron chi connectivity index (χ1n) is 6.39. The van der Waals surface area contributed by atoms with E-state index in [1.54, 1.807) is 0 Å². The molecule has 1 saturated carbocycles. The standard InChI is InChI=1S/C11H17N5O3/c1-8-4-2-3-5-9(8)13-10(17)6-15-7-12-11(14-15)16(18)19/h7-9H,2-6H2,1H3,(H,13,17)/t8-,9+/m0/s1. The molecule has 1 amide bonds. The summed E-state index contributed by atoms with van der Waals surface area (Å²) in [5, 5.41) is 17.0. The zero-order valence-electron chi connectivity index (χ0n) is 10.8. The molecule has 0 spiro atoms. The number of carbonyl (C=O) groups is 1. The van der Waals surface area contributed by atoms with Crippen molar-refractivity contribution >= 4 is 11.9 Å². The molecule has 0 unspecified atom stereocenters. The molecular weight excluding hydrogens is 250 g/mol. The summed E-state index contributed by atoms with van der Waals surface area (Å²) >= 11 is 0. The fourth-order valence-corrected chi connectivity index (χ4v) is 2.37. The molecule has 104 valence electrons. The minimum Gasteiger partial charge on any atom is -0.390 e. The minimum absolute atomic E-state index is 0.0376. The molecule has 1 fully saturated rings. The lowest BCUT2D eigenvalue weighted by molar-refractivity contribution is -0.394. The van der Waals surface area contributed by atoms with Crippen LogP contribution < -0.4 is 5.32 Å². The second-order valence-corrected chi connectivity index (χ2v) is 4.94. The Kier molecular flexibility index (Phi) is 4.08. The fraction of sp³-hybridized carbons (Fsp3) is 0.727. The van der Waals surface area contributed by atoms with Crippen molar-refractivity contribution < 1.29 is 9.72 Å². The van der Waals surface area contributed by atoms with Gasteiger partial charge < -0.3 is 15.4 Å². The minimum atomic E-state index is -0.683. The van der Waals surface area contributed by atoms with Gasteiger partial charge in [-0.05, 0) is 23.7 Å². The summed E-state index contributed by atoms with van der Waals surface area (Å²) in [7, 11) is 0. The van der Waals surface area contributed by atoms with Gasteiger partial charge >= 0.3 is 5.95 Å². The molecular formula is C11H17N5O3. The quantitative estimate of drug-likeness (QED) is 0.644. The lowest BCUT2D eigenvalue weighted by atomic mass is 9.86. The highest BCUT2D eigenvalue weighted by molar-refractivity contribution is 5.75. The van der Waals surface area contributed by atoms with Crippen molar-refractivity contribution in [3.63, 3.8) is 0 Å². The first-order valence-corrected chi connectivity index (χ1v) is 6.39. The molecule has 0 saturated heterocycles. The average Bonchev–Trinajstić information content (AvgIpc) is 2.80. The van der Waals surface area contributed by atoms with Crippen LogP contribution in [0.15, 0.2) is 6.33 Å². The van der Waals surface area contributed by atoms with Gasteiger partial charge in [0.25, 0.3) is 0 Å². The summed E-state index contributed by atoms with van der Waals surface area (Å²) in [5.41, 5.74) is 0. The van der Waals surface area contributed by atoms with E-state index in [4.69, 9.17) is 0 Å². The predicted octanol–water partition coefficient (Wildman–Crippen LogP) is 0.881. The maximum atomic E-state index is 11.8. The van der Waals surface area contributed by atoms with Gasteiger partial charge in [-0.15, -0.1) is 0 Å². The summed E-state index contributed by atoms with van der Waals surface area (Å²) in [6, 6.07) is 0.194. The van der Waals surface area contributed by atoms with Crippen LogP contribution in [0.25, 0.3) is 0 Å². The Morgan fingerprint density at radius 2 is 2.32 bits per heavy atom. The van der Waals surface area contributed by atoms with Crippen molar-refractivity contribution in [2.75, 3.05) is 0 Å². The Labute approximate surface area is 110 Å². The van der Waals surface area contributed by atoms with E-state index in [1.807, 2.05) is 0 Å². The zero-order valence-corrected chi connectivity index (χ0v) is 10.8. The van der Waals surface area contributed by atoms with E-state index in [0.717, 1.165) is 19.3 Å². The van der Waals surface area contributed by atoms with Crippen molar-refractivity contribution in [2.24, 2.45) is 5.92 Å². The molecule has 1 heterocycles. The van der Waals surface area contributed by atoms with E-state index in [1.165, 1.54) is 17.4 Å². The molecule has 2 rings (SSSR count). The average molecular weight is 267 g/mol. The lowest BCUT2D eigenvalue weighted by Crippen LogP contribution is -2.42. The van der Waals surface area contributed by atoms with Crippen molar-refractivity contribution in [3.8, 4) is 0 Å². The van der Waals surface area contributed by atoms with Crippen LogP contribution in [0.3, 0.4) is 0 Å². The lowest BCUT2D eigenvalue weighted by Gasteiger charge is -2.29. The maximum absolute atomic E-state index is 11.8. The molecule has 0 bridgehead atoms. The highest BCUT2D eigenvalue weighted by atomic mass is 16.6. The number of nitrogens with one attached hydrogen (secondary N) is 1. The number of hydrogen-bond acceptors (Lipinski definition) is 5. The number of hydrogen-bond donors (Lipinski definition) is 1. The van der Waals surface area contributed by atoms with Crippen LogP contribution >= 0.6 is 0 Å². The van der Waals surface area contributed by atoms with E-state index in [9.17, 15) is 14.9 Å². The van der Waals surface area contributed by atoms with Crippen LogP contribution in [0.2, 0.25) is 0 Å². The van der Waals surface area contributed by atoms with Gasteiger partial charge in [-0.2, -0.15) is 4.68 Å². The van der Waals surface area contributed by atoms with E-state index in [-0.39, 0.29) is 18.5 Å². The summed E-state index contributed by atoms with van der Waals surface area (Å²) in [4.78, 5) is 25.1.